The van der Waals surface area contributed by atoms with E-state index in [4.69, 9.17) is 4.74 Å². The van der Waals surface area contributed by atoms with Gasteiger partial charge in [-0.25, -0.2) is 0 Å². The minimum atomic E-state index is 0.396. The monoisotopic (exact) mass is 297 g/mol. The molecule has 3 unspecified atom stereocenters. The molecule has 17 heavy (non-hydrogen) atoms. The summed E-state index contributed by atoms with van der Waals surface area (Å²) >= 11 is 3.52. The summed E-state index contributed by atoms with van der Waals surface area (Å²) in [4.78, 5) is 0. The summed E-state index contributed by atoms with van der Waals surface area (Å²) in [6, 6.07) is 9.49. The van der Waals surface area contributed by atoms with E-state index in [1.807, 2.05) is 7.11 Å². The second-order valence-corrected chi connectivity index (χ2v) is 5.73. The maximum atomic E-state index is 5.40. The van der Waals surface area contributed by atoms with Gasteiger partial charge in [0.05, 0.1) is 6.10 Å². The second kappa shape index (κ2) is 5.98. The first kappa shape index (κ1) is 13.1. The number of halogens is 1. The van der Waals surface area contributed by atoms with E-state index in [9.17, 15) is 0 Å². The van der Waals surface area contributed by atoms with Crippen LogP contribution in [-0.2, 0) is 4.74 Å². The third-order valence-electron chi connectivity index (χ3n) is 3.55. The molecule has 3 heteroatoms. The number of nitrogens with one attached hydrogen (secondary N) is 1. The van der Waals surface area contributed by atoms with Crippen LogP contribution in [0.25, 0.3) is 0 Å². The van der Waals surface area contributed by atoms with Crippen LogP contribution in [0.3, 0.4) is 0 Å². The zero-order chi connectivity index (χ0) is 12.3. The van der Waals surface area contributed by atoms with Gasteiger partial charge in [-0.3, -0.25) is 0 Å². The molecule has 0 spiro atoms. The van der Waals surface area contributed by atoms with Crippen molar-refractivity contribution in [2.24, 2.45) is 0 Å². The summed E-state index contributed by atoms with van der Waals surface area (Å²) in [6.45, 7) is 2.22. The van der Waals surface area contributed by atoms with Gasteiger partial charge in [0.1, 0.15) is 0 Å². The number of rotatable bonds is 4. The molecule has 2 rings (SSSR count). The van der Waals surface area contributed by atoms with Gasteiger partial charge in [-0.15, -0.1) is 0 Å². The predicted octanol–water partition coefficient (Wildman–Crippen LogP) is 3.67. The van der Waals surface area contributed by atoms with Crippen molar-refractivity contribution in [2.75, 3.05) is 7.11 Å². The highest BCUT2D eigenvalue weighted by atomic mass is 79.9. The fraction of sp³-hybridized carbons (Fsp3) is 0.571. The van der Waals surface area contributed by atoms with Crippen LogP contribution in [0.1, 0.15) is 37.8 Å². The maximum absolute atomic E-state index is 5.40. The Morgan fingerprint density at radius 3 is 2.88 bits per heavy atom. The van der Waals surface area contributed by atoms with Crippen LogP contribution < -0.4 is 5.32 Å². The summed E-state index contributed by atoms with van der Waals surface area (Å²) in [6.07, 6.45) is 3.98. The fourth-order valence-electron chi connectivity index (χ4n) is 2.53. The summed E-state index contributed by atoms with van der Waals surface area (Å²) in [5.74, 6) is 0. The molecule has 0 aromatic heterocycles. The molecule has 3 atom stereocenters. The second-order valence-electron chi connectivity index (χ2n) is 4.81. The van der Waals surface area contributed by atoms with Crippen LogP contribution in [0.4, 0.5) is 0 Å². The third kappa shape index (κ3) is 3.54. The SMILES string of the molecule is COC1CCC(NC(C)c2cccc(Br)c2)C1. The van der Waals surface area contributed by atoms with E-state index in [1.165, 1.54) is 18.4 Å². The van der Waals surface area contributed by atoms with E-state index in [2.05, 4.69) is 52.4 Å². The van der Waals surface area contributed by atoms with Gasteiger partial charge in [-0.2, -0.15) is 0 Å². The average Bonchev–Trinajstić information content (AvgIpc) is 2.77. The molecule has 0 bridgehead atoms. The number of hydrogen-bond acceptors (Lipinski definition) is 2. The topological polar surface area (TPSA) is 21.3 Å². The van der Waals surface area contributed by atoms with Gasteiger partial charge in [0.15, 0.2) is 0 Å². The van der Waals surface area contributed by atoms with Crippen molar-refractivity contribution in [3.8, 4) is 0 Å². The minimum absolute atomic E-state index is 0.396. The molecule has 2 nitrogen and oxygen atoms in total. The molecule has 0 aliphatic heterocycles. The molecule has 1 aliphatic carbocycles. The van der Waals surface area contributed by atoms with Crippen LogP contribution >= 0.6 is 15.9 Å². The summed E-state index contributed by atoms with van der Waals surface area (Å²) in [7, 11) is 1.81. The number of ether oxygens (including phenoxy) is 1. The van der Waals surface area contributed by atoms with Gasteiger partial charge in [-0.1, -0.05) is 28.1 Å². The fourth-order valence-corrected chi connectivity index (χ4v) is 2.95. The van der Waals surface area contributed by atoms with Crippen molar-refractivity contribution < 1.29 is 4.74 Å². The van der Waals surface area contributed by atoms with Crippen molar-refractivity contribution in [3.05, 3.63) is 34.3 Å². The Labute approximate surface area is 112 Å². The molecule has 0 amide bonds. The molecule has 1 aliphatic rings. The standard InChI is InChI=1S/C14H20BrNO/c1-10(11-4-3-5-12(15)8-11)16-13-6-7-14(9-13)17-2/h3-5,8,10,13-14,16H,6-7,9H2,1-2H3. The molecule has 0 radical (unpaired) electrons. The van der Waals surface area contributed by atoms with E-state index in [-0.39, 0.29) is 0 Å². The van der Waals surface area contributed by atoms with Gasteiger partial charge in [0.25, 0.3) is 0 Å². The Hall–Kier alpha value is -0.380. The van der Waals surface area contributed by atoms with Crippen LogP contribution in [0.5, 0.6) is 0 Å². The predicted molar refractivity (Wildman–Crippen MR) is 74.1 cm³/mol. The zero-order valence-corrected chi connectivity index (χ0v) is 12.0. The number of hydrogen-bond donors (Lipinski definition) is 1. The average molecular weight is 298 g/mol. The van der Waals surface area contributed by atoms with Crippen LogP contribution in [0, 0.1) is 0 Å². The molecule has 1 aromatic carbocycles. The molecular weight excluding hydrogens is 278 g/mol. The first-order valence-electron chi connectivity index (χ1n) is 6.23. The summed E-state index contributed by atoms with van der Waals surface area (Å²) in [5.41, 5.74) is 1.33. The van der Waals surface area contributed by atoms with Crippen LogP contribution in [0.15, 0.2) is 28.7 Å². The van der Waals surface area contributed by atoms with Crippen molar-refractivity contribution in [2.45, 2.75) is 44.4 Å². The van der Waals surface area contributed by atoms with E-state index in [0.29, 0.717) is 18.2 Å². The lowest BCUT2D eigenvalue weighted by atomic mass is 10.1. The van der Waals surface area contributed by atoms with Gasteiger partial charge in [0.2, 0.25) is 0 Å². The lowest BCUT2D eigenvalue weighted by Crippen LogP contribution is -2.29. The van der Waals surface area contributed by atoms with Crippen molar-refractivity contribution in [1.82, 2.24) is 5.32 Å². The Bertz CT molecular complexity index is 369. The van der Waals surface area contributed by atoms with E-state index in [1.54, 1.807) is 0 Å². The van der Waals surface area contributed by atoms with E-state index < -0.39 is 0 Å². The zero-order valence-electron chi connectivity index (χ0n) is 10.4. The highest BCUT2D eigenvalue weighted by molar-refractivity contribution is 9.10. The molecular formula is C14H20BrNO. The molecule has 1 aromatic rings. The van der Waals surface area contributed by atoms with E-state index in [0.717, 1.165) is 10.9 Å². The lowest BCUT2D eigenvalue weighted by Gasteiger charge is -2.20. The smallest absolute Gasteiger partial charge is 0.0586 e. The highest BCUT2D eigenvalue weighted by Crippen LogP contribution is 2.25. The quantitative estimate of drug-likeness (QED) is 0.916. The number of benzene rings is 1. The van der Waals surface area contributed by atoms with Gasteiger partial charge in [-0.05, 0) is 43.9 Å². The molecule has 1 saturated carbocycles. The third-order valence-corrected chi connectivity index (χ3v) is 4.05. The Morgan fingerprint density at radius 1 is 1.41 bits per heavy atom. The van der Waals surface area contributed by atoms with Crippen LogP contribution in [-0.4, -0.2) is 19.3 Å². The van der Waals surface area contributed by atoms with Gasteiger partial charge in [0, 0.05) is 23.7 Å². The number of methoxy groups -OCH3 is 1. The molecule has 0 heterocycles. The largest absolute Gasteiger partial charge is 0.381 e. The van der Waals surface area contributed by atoms with Gasteiger partial charge >= 0.3 is 0 Å². The van der Waals surface area contributed by atoms with Crippen LogP contribution in [0.2, 0.25) is 0 Å². The first-order valence-corrected chi connectivity index (χ1v) is 7.02. The lowest BCUT2D eigenvalue weighted by molar-refractivity contribution is 0.106. The highest BCUT2D eigenvalue weighted by Gasteiger charge is 2.25. The molecule has 1 N–H and O–H groups in total. The van der Waals surface area contributed by atoms with Crippen molar-refractivity contribution in [1.29, 1.82) is 0 Å². The maximum Gasteiger partial charge on any atom is 0.0586 e. The minimum Gasteiger partial charge on any atom is -0.381 e. The molecule has 0 saturated heterocycles. The van der Waals surface area contributed by atoms with Crippen molar-refractivity contribution >= 4 is 15.9 Å². The summed E-state index contributed by atoms with van der Waals surface area (Å²) in [5, 5.41) is 3.69. The summed E-state index contributed by atoms with van der Waals surface area (Å²) < 4.78 is 6.54. The van der Waals surface area contributed by atoms with Gasteiger partial charge < -0.3 is 10.1 Å². The molecule has 94 valence electrons. The van der Waals surface area contributed by atoms with E-state index >= 15 is 0 Å². The Morgan fingerprint density at radius 2 is 2.24 bits per heavy atom. The van der Waals surface area contributed by atoms with Crippen molar-refractivity contribution in [3.63, 3.8) is 0 Å². The Balaban J connectivity index is 1.91. The first-order chi connectivity index (χ1) is 8.19. The normalized spacial score (nSPS) is 26.1. The molecule has 1 fully saturated rings. The Kier molecular flexibility index (Phi) is 4.60.